The minimum atomic E-state index is -0.0240. The Morgan fingerprint density at radius 2 is 1.79 bits per heavy atom. The maximum atomic E-state index is 13.3. The Bertz CT molecular complexity index is 1110. The zero-order valence-electron chi connectivity index (χ0n) is 20.4. The highest BCUT2D eigenvalue weighted by molar-refractivity contribution is 5.95. The van der Waals surface area contributed by atoms with Crippen LogP contribution >= 0.6 is 0 Å². The molecular weight excluding hydrogens is 430 g/mol. The smallest absolute Gasteiger partial charge is 0.257 e. The van der Waals surface area contributed by atoms with Crippen molar-refractivity contribution in [2.45, 2.75) is 52.5 Å². The topological polar surface area (TPSA) is 79.8 Å². The summed E-state index contributed by atoms with van der Waals surface area (Å²) in [6.45, 7) is 6.90. The van der Waals surface area contributed by atoms with Crippen molar-refractivity contribution in [3.05, 3.63) is 76.6 Å². The molecule has 1 unspecified atom stereocenters. The first-order valence-corrected chi connectivity index (χ1v) is 11.9. The first-order chi connectivity index (χ1) is 16.3. The summed E-state index contributed by atoms with van der Waals surface area (Å²) in [5.74, 6) is 1.72. The monoisotopic (exact) mass is 463 g/mol. The SMILES string of the molecule is Cc1noc(C)c1CC(=O)N1CCC(C(Cc2ccccc2)N(C)C(=O)c2ccoc2C)CC1. The van der Waals surface area contributed by atoms with Gasteiger partial charge in [-0.2, -0.15) is 0 Å². The molecular formula is C27H33N3O4. The molecule has 1 saturated heterocycles. The lowest BCUT2D eigenvalue weighted by molar-refractivity contribution is -0.132. The number of amides is 2. The number of carbonyl (C=O) groups excluding carboxylic acids is 2. The largest absolute Gasteiger partial charge is 0.469 e. The van der Waals surface area contributed by atoms with Crippen LogP contribution in [0.3, 0.4) is 0 Å². The maximum absolute atomic E-state index is 13.3. The van der Waals surface area contributed by atoms with Gasteiger partial charge in [0.25, 0.3) is 5.91 Å². The molecule has 1 aliphatic heterocycles. The van der Waals surface area contributed by atoms with Gasteiger partial charge in [0.05, 0.1) is 23.9 Å². The van der Waals surface area contributed by atoms with Gasteiger partial charge < -0.3 is 18.7 Å². The molecule has 1 atom stereocenters. The van der Waals surface area contributed by atoms with E-state index in [1.807, 2.05) is 55.8 Å². The fraction of sp³-hybridized carbons (Fsp3) is 0.444. The quantitative estimate of drug-likeness (QED) is 0.520. The van der Waals surface area contributed by atoms with Crippen LogP contribution in [-0.2, 0) is 17.6 Å². The van der Waals surface area contributed by atoms with Crippen LogP contribution < -0.4 is 0 Å². The predicted octanol–water partition coefficient (Wildman–Crippen LogP) is 4.36. The van der Waals surface area contributed by atoms with Crippen molar-refractivity contribution in [1.82, 2.24) is 15.0 Å². The number of rotatable bonds is 7. The van der Waals surface area contributed by atoms with Crippen LogP contribution in [0, 0.1) is 26.7 Å². The van der Waals surface area contributed by atoms with E-state index in [4.69, 9.17) is 8.94 Å². The van der Waals surface area contributed by atoms with Crippen LogP contribution in [0.5, 0.6) is 0 Å². The van der Waals surface area contributed by atoms with Gasteiger partial charge >= 0.3 is 0 Å². The minimum Gasteiger partial charge on any atom is -0.469 e. The van der Waals surface area contributed by atoms with Gasteiger partial charge in [-0.1, -0.05) is 35.5 Å². The lowest BCUT2D eigenvalue weighted by Gasteiger charge is -2.40. The fourth-order valence-corrected chi connectivity index (χ4v) is 4.97. The van der Waals surface area contributed by atoms with Crippen LogP contribution in [0.25, 0.3) is 0 Å². The van der Waals surface area contributed by atoms with Crippen LogP contribution in [0.15, 0.2) is 51.6 Å². The Hall–Kier alpha value is -3.35. The van der Waals surface area contributed by atoms with Crippen molar-refractivity contribution in [3.63, 3.8) is 0 Å². The number of benzene rings is 1. The van der Waals surface area contributed by atoms with Crippen LogP contribution in [0.4, 0.5) is 0 Å². The lowest BCUT2D eigenvalue weighted by atomic mass is 9.84. The molecule has 1 aliphatic rings. The van der Waals surface area contributed by atoms with E-state index < -0.39 is 0 Å². The third-order valence-electron chi connectivity index (χ3n) is 7.14. The summed E-state index contributed by atoms with van der Waals surface area (Å²) in [6, 6.07) is 12.1. The van der Waals surface area contributed by atoms with E-state index in [-0.39, 0.29) is 17.9 Å². The first-order valence-electron chi connectivity index (χ1n) is 11.9. The molecule has 4 rings (SSSR count). The Balaban J connectivity index is 1.46. The maximum Gasteiger partial charge on any atom is 0.257 e. The van der Waals surface area contributed by atoms with Crippen LogP contribution in [0.2, 0.25) is 0 Å². The zero-order valence-corrected chi connectivity index (χ0v) is 20.4. The summed E-state index contributed by atoms with van der Waals surface area (Å²) in [4.78, 5) is 30.1. The number of likely N-dealkylation sites (tertiary alicyclic amines) is 1. The molecule has 0 saturated carbocycles. The van der Waals surface area contributed by atoms with Crippen molar-refractivity contribution < 1.29 is 18.5 Å². The number of hydrogen-bond donors (Lipinski definition) is 0. The first kappa shape index (κ1) is 23.8. The Morgan fingerprint density at radius 3 is 2.38 bits per heavy atom. The predicted molar refractivity (Wildman–Crippen MR) is 128 cm³/mol. The fourth-order valence-electron chi connectivity index (χ4n) is 4.97. The molecule has 0 spiro atoms. The molecule has 2 aromatic heterocycles. The van der Waals surface area contributed by atoms with Crippen molar-refractivity contribution in [2.75, 3.05) is 20.1 Å². The number of piperidine rings is 1. The highest BCUT2D eigenvalue weighted by Gasteiger charge is 2.34. The number of aryl methyl sites for hydroxylation is 3. The second-order valence-electron chi connectivity index (χ2n) is 9.26. The van der Waals surface area contributed by atoms with Crippen molar-refractivity contribution >= 4 is 11.8 Å². The molecule has 1 aromatic carbocycles. The molecule has 0 N–H and O–H groups in total. The van der Waals surface area contributed by atoms with Crippen molar-refractivity contribution in [3.8, 4) is 0 Å². The number of likely N-dealkylation sites (N-methyl/N-ethyl adjacent to an activating group) is 1. The molecule has 0 aliphatic carbocycles. The van der Waals surface area contributed by atoms with Gasteiger partial charge in [0.1, 0.15) is 11.5 Å². The summed E-state index contributed by atoms with van der Waals surface area (Å²) >= 11 is 0. The van der Waals surface area contributed by atoms with E-state index >= 15 is 0 Å². The molecule has 180 valence electrons. The van der Waals surface area contributed by atoms with Gasteiger partial charge in [-0.15, -0.1) is 0 Å². The number of carbonyl (C=O) groups is 2. The number of hydrogen-bond acceptors (Lipinski definition) is 5. The van der Waals surface area contributed by atoms with E-state index in [2.05, 4.69) is 17.3 Å². The summed E-state index contributed by atoms with van der Waals surface area (Å²) in [6.07, 6.45) is 4.36. The molecule has 2 amide bonds. The molecule has 3 heterocycles. The molecule has 3 aromatic rings. The van der Waals surface area contributed by atoms with Gasteiger partial charge in [0, 0.05) is 31.7 Å². The number of nitrogens with zero attached hydrogens (tertiary/aromatic N) is 3. The van der Waals surface area contributed by atoms with E-state index in [1.54, 1.807) is 12.3 Å². The van der Waals surface area contributed by atoms with Crippen molar-refractivity contribution in [2.24, 2.45) is 5.92 Å². The van der Waals surface area contributed by atoms with E-state index in [0.717, 1.165) is 30.5 Å². The second-order valence-corrected chi connectivity index (χ2v) is 9.26. The van der Waals surface area contributed by atoms with E-state index in [9.17, 15) is 9.59 Å². The van der Waals surface area contributed by atoms with Gasteiger partial charge in [-0.05, 0) is 57.6 Å². The average Bonchev–Trinajstić information content (AvgIpc) is 3.42. The second kappa shape index (κ2) is 10.3. The van der Waals surface area contributed by atoms with Crippen LogP contribution in [-0.4, -0.2) is 52.9 Å². The third-order valence-corrected chi connectivity index (χ3v) is 7.14. The van der Waals surface area contributed by atoms with Crippen molar-refractivity contribution in [1.29, 1.82) is 0 Å². The summed E-state index contributed by atoms with van der Waals surface area (Å²) < 4.78 is 10.6. The Labute approximate surface area is 200 Å². The van der Waals surface area contributed by atoms with E-state index in [0.29, 0.717) is 42.5 Å². The third kappa shape index (κ3) is 5.08. The normalized spacial score (nSPS) is 15.4. The highest BCUT2D eigenvalue weighted by Crippen LogP contribution is 2.28. The summed E-state index contributed by atoms with van der Waals surface area (Å²) in [7, 11) is 1.89. The van der Waals surface area contributed by atoms with Crippen LogP contribution in [0.1, 0.15) is 51.5 Å². The highest BCUT2D eigenvalue weighted by atomic mass is 16.5. The van der Waals surface area contributed by atoms with Gasteiger partial charge in [-0.25, -0.2) is 0 Å². The molecule has 7 heteroatoms. The lowest BCUT2D eigenvalue weighted by Crippen LogP contribution is -2.48. The number of aromatic nitrogens is 1. The Kier molecular flexibility index (Phi) is 7.20. The zero-order chi connectivity index (χ0) is 24.2. The van der Waals surface area contributed by atoms with E-state index in [1.165, 1.54) is 5.56 Å². The summed E-state index contributed by atoms with van der Waals surface area (Å²) in [5.41, 5.74) is 3.47. The van der Waals surface area contributed by atoms with Gasteiger partial charge in [-0.3, -0.25) is 9.59 Å². The molecule has 1 fully saturated rings. The summed E-state index contributed by atoms with van der Waals surface area (Å²) in [5, 5.41) is 3.96. The molecule has 34 heavy (non-hydrogen) atoms. The average molecular weight is 464 g/mol. The molecule has 0 bridgehead atoms. The standard InChI is InChI=1S/C27H33N3O4/c1-18-24(20(3)34-28-18)17-26(31)30-13-10-22(11-14-30)25(16-21-8-6-5-7-9-21)29(4)27(32)23-12-15-33-19(23)2/h5-9,12,15,22,25H,10-11,13-14,16-17H2,1-4H3. The minimum absolute atomic E-state index is 0.0240. The van der Waals surface area contributed by atoms with Gasteiger partial charge in [0.15, 0.2) is 0 Å². The molecule has 7 nitrogen and oxygen atoms in total. The number of furan rings is 1. The van der Waals surface area contributed by atoms with Gasteiger partial charge in [0.2, 0.25) is 5.91 Å². The molecule has 0 radical (unpaired) electrons. The Morgan fingerprint density at radius 1 is 1.09 bits per heavy atom.